The molecule has 230 valence electrons. The first-order chi connectivity index (χ1) is 20.0. The van der Waals surface area contributed by atoms with Crippen molar-refractivity contribution in [2.24, 2.45) is 17.6 Å². The molecule has 1 heterocycles. The van der Waals surface area contributed by atoms with Gasteiger partial charge in [0.1, 0.15) is 17.9 Å². The second-order valence-corrected chi connectivity index (χ2v) is 12.4. The topological polar surface area (TPSA) is 175 Å². The standard InChI is InChI=1S/C30H44N6O5S/c1-17(2)26(38)21(10-7-12-33-30(31)32)25-20-9-6-5-8-19(20)15-24(27(25)39)36-18(3)14-23(29(36)41)35-28(40)22(34-16-37)11-13-42-4/h5-6,8-9,16-18,21-25H,7,10-15H2,1-4H3,(H,34,37)(H,35,40)(H4,31,32,33). The molecule has 0 aromatic heterocycles. The van der Waals surface area contributed by atoms with Gasteiger partial charge in [-0.3, -0.25) is 29.4 Å². The molecule has 1 aliphatic heterocycles. The fraction of sp³-hybridized carbons (Fsp3) is 0.600. The van der Waals surface area contributed by atoms with E-state index in [4.69, 9.17) is 11.1 Å². The zero-order valence-corrected chi connectivity index (χ0v) is 25.7. The molecule has 3 amide bonds. The largest absolute Gasteiger partial charge is 0.370 e. The van der Waals surface area contributed by atoms with E-state index in [-0.39, 0.29) is 35.4 Å². The molecule has 1 aromatic carbocycles. The highest BCUT2D eigenvalue weighted by Crippen LogP contribution is 2.41. The first-order valence-corrected chi connectivity index (χ1v) is 15.9. The van der Waals surface area contributed by atoms with Crippen molar-refractivity contribution in [3.63, 3.8) is 0 Å². The van der Waals surface area contributed by atoms with Crippen LogP contribution < -0.4 is 21.7 Å². The van der Waals surface area contributed by atoms with Crippen LogP contribution in [0.3, 0.4) is 0 Å². The second kappa shape index (κ2) is 15.2. The predicted molar refractivity (Wildman–Crippen MR) is 163 cm³/mol. The number of hydrogen-bond acceptors (Lipinski definition) is 7. The van der Waals surface area contributed by atoms with Gasteiger partial charge in [0.15, 0.2) is 11.7 Å². The van der Waals surface area contributed by atoms with Gasteiger partial charge in [-0.25, -0.2) is 0 Å². The van der Waals surface area contributed by atoms with E-state index in [1.165, 1.54) is 0 Å². The third-order valence-corrected chi connectivity index (χ3v) is 8.88. The molecule has 6 atom stereocenters. The maximum Gasteiger partial charge on any atom is 0.246 e. The number of likely N-dealkylation sites (tertiary alicyclic amines) is 1. The smallest absolute Gasteiger partial charge is 0.246 e. The van der Waals surface area contributed by atoms with Crippen molar-refractivity contribution in [3.05, 3.63) is 35.4 Å². The van der Waals surface area contributed by atoms with Crippen LogP contribution in [-0.4, -0.2) is 83.4 Å². The maximum atomic E-state index is 14.4. The quantitative estimate of drug-likeness (QED) is 0.0868. The summed E-state index contributed by atoms with van der Waals surface area (Å²) in [4.78, 5) is 67.3. The molecule has 3 rings (SSSR count). The molecule has 42 heavy (non-hydrogen) atoms. The van der Waals surface area contributed by atoms with Gasteiger partial charge in [0.25, 0.3) is 0 Å². The van der Waals surface area contributed by atoms with Crippen molar-refractivity contribution < 1.29 is 24.0 Å². The molecule has 1 aromatic rings. The minimum atomic E-state index is -0.813. The van der Waals surface area contributed by atoms with Crippen molar-refractivity contribution in [2.45, 2.75) is 83.0 Å². The van der Waals surface area contributed by atoms with Gasteiger partial charge in [0, 0.05) is 30.8 Å². The van der Waals surface area contributed by atoms with Crippen LogP contribution in [0.4, 0.5) is 0 Å². The summed E-state index contributed by atoms with van der Waals surface area (Å²) in [6.45, 7) is 5.92. The lowest BCUT2D eigenvalue weighted by Gasteiger charge is -2.40. The van der Waals surface area contributed by atoms with Gasteiger partial charge in [-0.15, -0.1) is 0 Å². The molecule has 6 N–H and O–H groups in total. The Labute approximate surface area is 252 Å². The molecular formula is C30H44N6O5S. The summed E-state index contributed by atoms with van der Waals surface area (Å²) in [5, 5.41) is 15.5. The number of amides is 3. The fourth-order valence-corrected chi connectivity index (χ4v) is 6.68. The van der Waals surface area contributed by atoms with Gasteiger partial charge in [-0.05, 0) is 55.7 Å². The van der Waals surface area contributed by atoms with Gasteiger partial charge in [-0.2, -0.15) is 11.8 Å². The summed E-state index contributed by atoms with van der Waals surface area (Å²) < 4.78 is 0. The number of carbonyl (C=O) groups is 5. The first-order valence-electron chi connectivity index (χ1n) is 14.6. The van der Waals surface area contributed by atoms with E-state index in [1.807, 2.05) is 51.3 Å². The second-order valence-electron chi connectivity index (χ2n) is 11.5. The summed E-state index contributed by atoms with van der Waals surface area (Å²) in [7, 11) is 0. The number of hydrogen-bond donors (Lipinski definition) is 5. The lowest BCUT2D eigenvalue weighted by Crippen LogP contribution is -2.55. The van der Waals surface area contributed by atoms with E-state index in [9.17, 15) is 24.0 Å². The van der Waals surface area contributed by atoms with Crippen molar-refractivity contribution in [1.29, 1.82) is 5.41 Å². The van der Waals surface area contributed by atoms with Crippen LogP contribution in [0.1, 0.15) is 63.5 Å². The average molecular weight is 601 g/mol. The number of fused-ring (bicyclic) bond motifs is 1. The molecule has 0 saturated carbocycles. The molecular weight excluding hydrogens is 556 g/mol. The van der Waals surface area contributed by atoms with Gasteiger partial charge in [0.05, 0.1) is 12.0 Å². The van der Waals surface area contributed by atoms with Crippen LogP contribution in [0, 0.1) is 17.2 Å². The Morgan fingerprint density at radius 2 is 1.93 bits per heavy atom. The number of nitrogens with one attached hydrogen (secondary N) is 4. The third kappa shape index (κ3) is 7.70. The average Bonchev–Trinajstić information content (AvgIpc) is 3.22. The Kier molecular flexibility index (Phi) is 12.0. The van der Waals surface area contributed by atoms with Crippen molar-refractivity contribution in [1.82, 2.24) is 20.9 Å². The van der Waals surface area contributed by atoms with E-state index in [2.05, 4.69) is 16.0 Å². The van der Waals surface area contributed by atoms with Crippen LogP contribution in [0.5, 0.6) is 0 Å². The number of nitrogens with zero attached hydrogens (tertiary/aromatic N) is 1. The maximum absolute atomic E-state index is 14.4. The van der Waals surface area contributed by atoms with E-state index in [0.29, 0.717) is 50.8 Å². The summed E-state index contributed by atoms with van der Waals surface area (Å²) in [6.07, 6.45) is 4.46. The van der Waals surface area contributed by atoms with Crippen LogP contribution >= 0.6 is 11.8 Å². The first kappa shape index (κ1) is 33.1. The Morgan fingerprint density at radius 1 is 1.21 bits per heavy atom. The van der Waals surface area contributed by atoms with E-state index in [1.54, 1.807) is 16.7 Å². The monoisotopic (exact) mass is 600 g/mol. The molecule has 11 nitrogen and oxygen atoms in total. The minimum absolute atomic E-state index is 0.0171. The molecule has 0 spiro atoms. The summed E-state index contributed by atoms with van der Waals surface area (Å²) in [5.41, 5.74) is 7.17. The molecule has 1 fully saturated rings. The highest BCUT2D eigenvalue weighted by molar-refractivity contribution is 7.98. The lowest BCUT2D eigenvalue weighted by atomic mass is 9.68. The fourth-order valence-electron chi connectivity index (χ4n) is 6.20. The van der Waals surface area contributed by atoms with Crippen molar-refractivity contribution in [2.75, 3.05) is 18.6 Å². The van der Waals surface area contributed by atoms with Gasteiger partial charge >= 0.3 is 0 Å². The van der Waals surface area contributed by atoms with E-state index in [0.717, 1.165) is 11.1 Å². The van der Waals surface area contributed by atoms with Crippen LogP contribution in [-0.2, 0) is 30.4 Å². The van der Waals surface area contributed by atoms with E-state index >= 15 is 0 Å². The number of benzene rings is 1. The highest BCUT2D eigenvalue weighted by atomic mass is 32.2. The normalized spacial score (nSPS) is 23.2. The zero-order chi connectivity index (χ0) is 31.0. The molecule has 2 aliphatic rings. The lowest BCUT2D eigenvalue weighted by molar-refractivity contribution is -0.142. The third-order valence-electron chi connectivity index (χ3n) is 8.24. The van der Waals surface area contributed by atoms with Crippen LogP contribution in [0.15, 0.2) is 24.3 Å². The molecule has 0 bridgehead atoms. The van der Waals surface area contributed by atoms with Crippen LogP contribution in [0.25, 0.3) is 0 Å². The number of rotatable bonds is 15. The Morgan fingerprint density at radius 3 is 2.57 bits per heavy atom. The van der Waals surface area contributed by atoms with Crippen molar-refractivity contribution in [3.8, 4) is 0 Å². The molecule has 1 aliphatic carbocycles. The summed E-state index contributed by atoms with van der Waals surface area (Å²) >= 11 is 1.55. The highest BCUT2D eigenvalue weighted by Gasteiger charge is 2.50. The number of guanidine groups is 1. The Hall–Kier alpha value is -3.41. The van der Waals surface area contributed by atoms with Gasteiger partial charge in [0.2, 0.25) is 18.2 Å². The molecule has 12 heteroatoms. The Balaban J connectivity index is 1.89. The van der Waals surface area contributed by atoms with Crippen LogP contribution in [0.2, 0.25) is 0 Å². The summed E-state index contributed by atoms with van der Waals surface area (Å²) in [6, 6.07) is 4.96. The van der Waals surface area contributed by atoms with E-state index < -0.39 is 35.9 Å². The Bertz CT molecular complexity index is 1180. The number of nitrogens with two attached hydrogens (primary N) is 1. The number of Topliss-reactive ketones (excluding diaryl/α,β-unsaturated/α-hetero) is 2. The molecule has 1 saturated heterocycles. The molecule has 6 unspecified atom stereocenters. The minimum Gasteiger partial charge on any atom is -0.370 e. The van der Waals surface area contributed by atoms with Crippen molar-refractivity contribution >= 4 is 47.5 Å². The number of carbonyl (C=O) groups excluding carboxylic acids is 5. The molecule has 0 radical (unpaired) electrons. The number of thioether (sulfide) groups is 1. The van der Waals surface area contributed by atoms with Gasteiger partial charge < -0.3 is 26.6 Å². The SMILES string of the molecule is CSCCC(NC=O)C(=O)NC1CC(C)N(C2Cc3ccccc3C(C(CCCNC(=N)N)C(=O)C(C)C)C2=O)C1=O. The predicted octanol–water partition coefficient (Wildman–Crippen LogP) is 1.34. The summed E-state index contributed by atoms with van der Waals surface area (Å²) in [5.74, 6) is -2.03. The number of ketones is 2. The van der Waals surface area contributed by atoms with Gasteiger partial charge in [-0.1, -0.05) is 38.1 Å². The zero-order valence-electron chi connectivity index (χ0n) is 24.9.